The largest absolute Gasteiger partial charge is 0.489 e. The predicted octanol–water partition coefficient (Wildman–Crippen LogP) is 6.94. The smallest absolute Gasteiger partial charge is 0.297 e. The van der Waals surface area contributed by atoms with Crippen LogP contribution in [0.5, 0.6) is 17.2 Å². The van der Waals surface area contributed by atoms with Crippen LogP contribution in [0.1, 0.15) is 73.0 Å². The number of aromatic amines is 1. The number of piperidine rings is 1. The minimum absolute atomic E-state index is 0.0176. The fourth-order valence-electron chi connectivity index (χ4n) is 11.4. The summed E-state index contributed by atoms with van der Waals surface area (Å²) in [4.78, 5) is 40.4. The van der Waals surface area contributed by atoms with E-state index in [2.05, 4.69) is 72.8 Å². The number of ether oxygens (including phenoxy) is 4. The van der Waals surface area contributed by atoms with Gasteiger partial charge in [0.15, 0.2) is 11.4 Å². The minimum atomic E-state index is -4.67. The van der Waals surface area contributed by atoms with Gasteiger partial charge in [-0.25, -0.2) is 18.1 Å². The van der Waals surface area contributed by atoms with Gasteiger partial charge in [-0.15, -0.1) is 0 Å². The Labute approximate surface area is 389 Å². The van der Waals surface area contributed by atoms with Crippen LogP contribution in [0.3, 0.4) is 0 Å². The Hall–Kier alpha value is -5.79. The van der Waals surface area contributed by atoms with Crippen LogP contribution in [0.25, 0.3) is 11.0 Å². The van der Waals surface area contributed by atoms with Gasteiger partial charge in [-0.05, 0) is 99.7 Å². The lowest BCUT2D eigenvalue weighted by Crippen LogP contribution is -2.62. The Morgan fingerprint density at radius 2 is 1.81 bits per heavy atom. The van der Waals surface area contributed by atoms with E-state index in [4.69, 9.17) is 18.9 Å². The maximum Gasteiger partial charge on any atom is 0.297 e. The Morgan fingerprint density at radius 1 is 0.985 bits per heavy atom. The van der Waals surface area contributed by atoms with E-state index in [0.717, 1.165) is 49.6 Å². The lowest BCUT2D eigenvalue weighted by atomic mass is 9.59. The molecule has 1 spiro atoms. The van der Waals surface area contributed by atoms with Gasteiger partial charge in [-0.1, -0.05) is 24.3 Å². The Balaban J connectivity index is 0.801. The molecule has 0 bridgehead atoms. The number of fused-ring (bicyclic) bond motifs is 2. The number of aromatic nitrogens is 2. The highest BCUT2D eigenvalue weighted by molar-refractivity contribution is 7.90. The highest BCUT2D eigenvalue weighted by Gasteiger charge is 2.50. The summed E-state index contributed by atoms with van der Waals surface area (Å²) < 4.78 is 54.2. The van der Waals surface area contributed by atoms with Crippen molar-refractivity contribution in [3.8, 4) is 17.2 Å². The number of nitro benzene ring substituents is 1. The third kappa shape index (κ3) is 8.36. The normalized spacial score (nSPS) is 24.6. The number of carbonyl (C=O) groups excluding carboxylic acids is 1. The van der Waals surface area contributed by atoms with Crippen LogP contribution in [0.4, 0.5) is 17.1 Å². The fraction of sp³-hybridized carbons (Fsp3) is 0.469. The van der Waals surface area contributed by atoms with Crippen molar-refractivity contribution < 1.29 is 37.1 Å². The molecule has 11 rings (SSSR count). The molecule has 1 aliphatic carbocycles. The summed E-state index contributed by atoms with van der Waals surface area (Å²) in [6.07, 6.45) is 9.89. The van der Waals surface area contributed by atoms with Gasteiger partial charge in [0.05, 0.1) is 59.6 Å². The average molecular weight is 933 g/mol. The second-order valence-electron chi connectivity index (χ2n) is 19.3. The number of sulfonamides is 1. The van der Waals surface area contributed by atoms with E-state index < -0.39 is 37.5 Å². The SMILES string of the molecule is Cc1ccccc1[C@@H]1CCCN1C1CC2(CCN(c3ccc(C(=O)NS(=O)(=O)c4cc5c(c([N+](=O)[O-])c4)N[C@@H]([C@H]4CN(C6COC6)[C@H](C)CO4)CO5)c(Oc4cnc5[nH]ccc5c4)c3)CC2)C1. The molecular formula is C49H56N8O9S. The zero-order valence-corrected chi connectivity index (χ0v) is 38.5. The van der Waals surface area contributed by atoms with Crippen molar-refractivity contribution in [2.45, 2.75) is 93.6 Å². The first-order valence-electron chi connectivity index (χ1n) is 23.5. The quantitative estimate of drug-likeness (QED) is 0.0911. The summed E-state index contributed by atoms with van der Waals surface area (Å²) in [7, 11) is -4.67. The standard InChI is InChI=1S/C49H56N8O9S/c1-30-6-3-4-7-38(30)41-8-5-15-55(41)34-22-49(23-34)12-16-54(17-13-49)33-9-10-39(43(19-33)66-36-18-32-11-14-50-47(32)51-24-36)48(58)53-67(61,62)37-20-42(57(59)60)46-44(21-37)65-29-40(52-46)45-25-56(31(2)26-64-45)35-27-63-28-35/h3-4,6-7,9-11,14,18-21,24,31,34-35,40-41,45,52H,5,8,12-13,15-17,22-23,25-29H2,1-2H3,(H,50,51)(H,53,58)/t31-,40-,41+,45-/m1/s1. The molecule has 7 heterocycles. The Kier molecular flexibility index (Phi) is 11.4. The molecule has 5 aliphatic heterocycles. The summed E-state index contributed by atoms with van der Waals surface area (Å²) in [5.74, 6) is -0.488. The lowest BCUT2D eigenvalue weighted by Gasteiger charge is -2.56. The highest BCUT2D eigenvalue weighted by Crippen LogP contribution is 2.54. The van der Waals surface area contributed by atoms with Crippen LogP contribution < -0.4 is 24.4 Å². The monoisotopic (exact) mass is 932 g/mol. The molecule has 1 amide bonds. The number of hydrogen-bond donors (Lipinski definition) is 3. The maximum atomic E-state index is 14.1. The Bertz CT molecular complexity index is 2820. The van der Waals surface area contributed by atoms with E-state index >= 15 is 0 Å². The van der Waals surface area contributed by atoms with Crippen molar-refractivity contribution in [3.63, 3.8) is 0 Å². The zero-order valence-electron chi connectivity index (χ0n) is 37.7. The molecule has 1 saturated carbocycles. The van der Waals surface area contributed by atoms with Gasteiger partial charge in [0.1, 0.15) is 23.8 Å². The number of rotatable bonds is 11. The van der Waals surface area contributed by atoms with E-state index in [0.29, 0.717) is 55.3 Å². The number of morpholine rings is 1. The maximum absolute atomic E-state index is 14.1. The number of likely N-dealkylation sites (tertiary alicyclic amines) is 1. The molecule has 17 nitrogen and oxygen atoms in total. The molecule has 352 valence electrons. The number of H-pyrrole nitrogens is 1. The Morgan fingerprint density at radius 3 is 2.58 bits per heavy atom. The van der Waals surface area contributed by atoms with Gasteiger partial charge in [0, 0.05) is 73.2 Å². The number of nitrogens with zero attached hydrogens (tertiary/aromatic N) is 5. The van der Waals surface area contributed by atoms with Gasteiger partial charge >= 0.3 is 0 Å². The van der Waals surface area contributed by atoms with Crippen LogP contribution in [-0.4, -0.2) is 122 Å². The van der Waals surface area contributed by atoms with Crippen molar-refractivity contribution in [3.05, 3.63) is 106 Å². The number of nitro groups is 1. The molecule has 67 heavy (non-hydrogen) atoms. The first kappa shape index (κ1) is 43.8. The number of nitrogens with one attached hydrogen (secondary N) is 3. The first-order chi connectivity index (χ1) is 32.4. The molecule has 0 unspecified atom stereocenters. The van der Waals surface area contributed by atoms with Crippen LogP contribution in [0.2, 0.25) is 0 Å². The van der Waals surface area contributed by atoms with Crippen LogP contribution in [0.15, 0.2) is 84.0 Å². The van der Waals surface area contributed by atoms with Gasteiger partial charge < -0.3 is 34.1 Å². The lowest BCUT2D eigenvalue weighted by molar-refractivity contribution is -0.384. The van der Waals surface area contributed by atoms with E-state index in [1.807, 2.05) is 12.1 Å². The minimum Gasteiger partial charge on any atom is -0.489 e. The van der Waals surface area contributed by atoms with Crippen LogP contribution in [0, 0.1) is 22.5 Å². The van der Waals surface area contributed by atoms with Crippen molar-refractivity contribution in [1.82, 2.24) is 24.5 Å². The fourth-order valence-corrected chi connectivity index (χ4v) is 12.4. The van der Waals surface area contributed by atoms with Gasteiger partial charge in [0.2, 0.25) is 0 Å². The van der Waals surface area contributed by atoms with E-state index in [-0.39, 0.29) is 47.5 Å². The number of anilines is 2. The van der Waals surface area contributed by atoms with Crippen molar-refractivity contribution >= 4 is 44.0 Å². The molecule has 5 aromatic rings. The highest BCUT2D eigenvalue weighted by atomic mass is 32.2. The second-order valence-corrected chi connectivity index (χ2v) is 21.0. The molecule has 4 atom stereocenters. The zero-order chi connectivity index (χ0) is 46.0. The molecule has 6 aliphatic rings. The molecule has 3 aromatic carbocycles. The predicted molar refractivity (Wildman–Crippen MR) is 251 cm³/mol. The van der Waals surface area contributed by atoms with E-state index in [1.54, 1.807) is 24.4 Å². The summed E-state index contributed by atoms with van der Waals surface area (Å²) in [6.45, 7) is 9.55. The van der Waals surface area contributed by atoms with Gasteiger partial charge in [-0.3, -0.25) is 24.7 Å². The second kappa shape index (κ2) is 17.4. The first-order valence-corrected chi connectivity index (χ1v) is 24.9. The summed E-state index contributed by atoms with van der Waals surface area (Å²) in [5.41, 5.74) is 4.14. The number of aryl methyl sites for hydroxylation is 1. The van der Waals surface area contributed by atoms with E-state index in [9.17, 15) is 23.3 Å². The number of benzene rings is 3. The van der Waals surface area contributed by atoms with Crippen LogP contribution in [-0.2, 0) is 19.5 Å². The topological polar surface area (TPSA) is 194 Å². The summed E-state index contributed by atoms with van der Waals surface area (Å²) in [5, 5.41) is 16.5. The van der Waals surface area contributed by atoms with Gasteiger partial charge in [-0.2, -0.15) is 0 Å². The number of amides is 1. The third-order valence-corrected chi connectivity index (χ3v) is 16.5. The number of pyridine rings is 1. The third-order valence-electron chi connectivity index (χ3n) is 15.2. The molecular weight excluding hydrogens is 877 g/mol. The van der Waals surface area contributed by atoms with Gasteiger partial charge in [0.25, 0.3) is 21.6 Å². The molecule has 18 heteroatoms. The summed E-state index contributed by atoms with van der Waals surface area (Å²) >= 11 is 0. The number of carbonyl (C=O) groups is 1. The number of hydrogen-bond acceptors (Lipinski definition) is 14. The average Bonchev–Trinajstić information content (AvgIpc) is 3.98. The van der Waals surface area contributed by atoms with Crippen molar-refractivity contribution in [1.29, 1.82) is 0 Å². The molecule has 5 fully saturated rings. The molecule has 0 radical (unpaired) electrons. The summed E-state index contributed by atoms with van der Waals surface area (Å²) in [6, 6.07) is 20.8. The van der Waals surface area contributed by atoms with E-state index in [1.165, 1.54) is 49.1 Å². The van der Waals surface area contributed by atoms with Crippen molar-refractivity contribution in [2.24, 2.45) is 5.41 Å². The molecule has 3 N–H and O–H groups in total. The molecule has 2 aromatic heterocycles. The molecule has 4 saturated heterocycles. The van der Waals surface area contributed by atoms with Crippen LogP contribution >= 0.6 is 0 Å². The van der Waals surface area contributed by atoms with Crippen molar-refractivity contribution in [2.75, 3.05) is 62.8 Å².